The average molecular weight is 290 g/mol. The number of aromatic nitrogens is 3. The number of nitrogens with zero attached hydrogens (tertiary/aromatic N) is 3. The number of allylic oxidation sites excluding steroid dienone is 2. The Morgan fingerprint density at radius 1 is 1.40 bits per heavy atom. The normalized spacial score (nSPS) is 22.6. The quantitative estimate of drug-likeness (QED) is 0.923. The molecule has 5 nitrogen and oxygen atoms in total. The summed E-state index contributed by atoms with van der Waals surface area (Å²) in [5.41, 5.74) is 0.894. The first-order chi connectivity index (χ1) is 9.65. The van der Waals surface area contributed by atoms with Crippen molar-refractivity contribution in [1.29, 1.82) is 0 Å². The minimum atomic E-state index is -0.436. The summed E-state index contributed by atoms with van der Waals surface area (Å²) in [6.45, 7) is 0. The monoisotopic (exact) mass is 289 g/mol. The Labute approximate surface area is 120 Å². The molecule has 0 saturated carbocycles. The van der Waals surface area contributed by atoms with Crippen LogP contribution in [0.5, 0.6) is 0 Å². The van der Waals surface area contributed by atoms with Gasteiger partial charge in [0, 0.05) is 23.4 Å². The second kappa shape index (κ2) is 5.09. The van der Waals surface area contributed by atoms with E-state index in [-0.39, 0.29) is 17.5 Å². The molecule has 1 aliphatic carbocycles. The second-order valence-corrected chi connectivity index (χ2v) is 5.16. The van der Waals surface area contributed by atoms with Gasteiger partial charge in [-0.25, -0.2) is 9.67 Å². The van der Waals surface area contributed by atoms with Gasteiger partial charge in [0.1, 0.15) is 24.5 Å². The van der Waals surface area contributed by atoms with Crippen molar-refractivity contribution < 1.29 is 9.90 Å². The summed E-state index contributed by atoms with van der Waals surface area (Å²) in [5.74, 6) is -0.325. The first-order valence-corrected chi connectivity index (χ1v) is 6.56. The zero-order chi connectivity index (χ0) is 14.1. The Hall–Kier alpha value is -2.14. The van der Waals surface area contributed by atoms with Crippen molar-refractivity contribution in [2.45, 2.75) is 18.4 Å². The molecule has 3 rings (SSSR count). The van der Waals surface area contributed by atoms with E-state index < -0.39 is 6.04 Å². The smallest absolute Gasteiger partial charge is 0.159 e. The Bertz CT molecular complexity index is 667. The predicted molar refractivity (Wildman–Crippen MR) is 73.6 cm³/mol. The van der Waals surface area contributed by atoms with E-state index in [1.54, 1.807) is 10.7 Å². The molecular formula is C14H12ClN3O2. The zero-order valence-electron chi connectivity index (χ0n) is 10.5. The van der Waals surface area contributed by atoms with E-state index in [0.29, 0.717) is 11.4 Å². The van der Waals surface area contributed by atoms with Crippen molar-refractivity contribution in [2.24, 2.45) is 0 Å². The number of hydrogen-bond acceptors (Lipinski definition) is 4. The van der Waals surface area contributed by atoms with Crippen molar-refractivity contribution in [3.8, 4) is 0 Å². The molecule has 0 unspecified atom stereocenters. The minimum Gasteiger partial charge on any atom is -0.510 e. The van der Waals surface area contributed by atoms with Crippen LogP contribution in [0.2, 0.25) is 5.02 Å². The average Bonchev–Trinajstić information content (AvgIpc) is 2.91. The fourth-order valence-corrected chi connectivity index (χ4v) is 2.76. The molecule has 20 heavy (non-hydrogen) atoms. The number of aliphatic hydroxyl groups is 1. The lowest BCUT2D eigenvalue weighted by molar-refractivity contribution is -0.116. The highest BCUT2D eigenvalue weighted by Crippen LogP contribution is 2.39. The van der Waals surface area contributed by atoms with Crippen LogP contribution in [-0.2, 0) is 4.79 Å². The van der Waals surface area contributed by atoms with Crippen LogP contribution in [-0.4, -0.2) is 25.7 Å². The molecule has 0 bridgehead atoms. The summed E-state index contributed by atoms with van der Waals surface area (Å²) in [4.78, 5) is 15.6. The van der Waals surface area contributed by atoms with Gasteiger partial charge in [-0.2, -0.15) is 5.10 Å². The van der Waals surface area contributed by atoms with Gasteiger partial charge in [0.05, 0.1) is 0 Å². The van der Waals surface area contributed by atoms with Crippen molar-refractivity contribution in [3.05, 3.63) is 59.3 Å². The first-order valence-electron chi connectivity index (χ1n) is 6.18. The Kier molecular flexibility index (Phi) is 3.28. The van der Waals surface area contributed by atoms with Crippen LogP contribution in [0.25, 0.3) is 0 Å². The lowest BCUT2D eigenvalue weighted by Crippen LogP contribution is -2.27. The number of hydrogen-bond donors (Lipinski definition) is 1. The van der Waals surface area contributed by atoms with E-state index in [9.17, 15) is 9.90 Å². The summed E-state index contributed by atoms with van der Waals surface area (Å²) >= 11 is 6.01. The second-order valence-electron chi connectivity index (χ2n) is 4.72. The number of rotatable bonds is 2. The third-order valence-electron chi connectivity index (χ3n) is 3.41. The number of halogens is 1. The highest BCUT2D eigenvalue weighted by molar-refractivity contribution is 6.30. The Morgan fingerprint density at radius 3 is 2.95 bits per heavy atom. The molecule has 0 aliphatic heterocycles. The highest BCUT2D eigenvalue weighted by Gasteiger charge is 2.34. The van der Waals surface area contributed by atoms with Gasteiger partial charge in [-0.05, 0) is 17.7 Å². The topological polar surface area (TPSA) is 68.0 Å². The summed E-state index contributed by atoms with van der Waals surface area (Å²) in [5, 5.41) is 14.8. The van der Waals surface area contributed by atoms with E-state index >= 15 is 0 Å². The fraction of sp³-hybridized carbons (Fsp3) is 0.214. The number of benzene rings is 1. The number of aliphatic hydroxyl groups excluding tert-OH is 1. The van der Waals surface area contributed by atoms with E-state index in [1.165, 1.54) is 18.7 Å². The maximum Gasteiger partial charge on any atom is 0.159 e. The summed E-state index contributed by atoms with van der Waals surface area (Å²) < 4.78 is 1.56. The number of carbonyl (C=O) groups excluding carboxylic acids is 1. The predicted octanol–water partition coefficient (Wildman–Crippen LogP) is 2.67. The molecule has 102 valence electrons. The van der Waals surface area contributed by atoms with Crippen LogP contribution in [0.4, 0.5) is 0 Å². The summed E-state index contributed by atoms with van der Waals surface area (Å²) in [7, 11) is 0. The van der Waals surface area contributed by atoms with Crippen LogP contribution < -0.4 is 0 Å². The molecule has 2 aromatic rings. The molecule has 1 aliphatic rings. The van der Waals surface area contributed by atoms with E-state index in [2.05, 4.69) is 10.1 Å². The molecule has 2 atom stereocenters. The molecular weight excluding hydrogens is 278 g/mol. The van der Waals surface area contributed by atoms with E-state index in [4.69, 9.17) is 11.6 Å². The van der Waals surface area contributed by atoms with Crippen LogP contribution >= 0.6 is 11.6 Å². The van der Waals surface area contributed by atoms with Crippen molar-refractivity contribution in [2.75, 3.05) is 0 Å². The van der Waals surface area contributed by atoms with Crippen LogP contribution in [0.3, 0.4) is 0 Å². The molecule has 1 aromatic carbocycles. The maximum atomic E-state index is 11.7. The SMILES string of the molecule is O=C1C=C(O)[C@@H](n2cncn2)[C@@H](c2cccc(Cl)c2)C1. The summed E-state index contributed by atoms with van der Waals surface area (Å²) in [6, 6.07) is 6.87. The fourth-order valence-electron chi connectivity index (χ4n) is 2.56. The third kappa shape index (κ3) is 2.32. The van der Waals surface area contributed by atoms with Crippen LogP contribution in [0.15, 0.2) is 48.8 Å². The van der Waals surface area contributed by atoms with Gasteiger partial charge in [0.25, 0.3) is 0 Å². The lowest BCUT2D eigenvalue weighted by atomic mass is 9.82. The molecule has 1 N–H and O–H groups in total. The van der Waals surface area contributed by atoms with Gasteiger partial charge < -0.3 is 5.11 Å². The van der Waals surface area contributed by atoms with Gasteiger partial charge in [0.15, 0.2) is 5.78 Å². The molecule has 0 radical (unpaired) electrons. The number of carbonyl (C=O) groups is 1. The molecule has 0 fully saturated rings. The minimum absolute atomic E-state index is 0.00303. The first kappa shape index (κ1) is 12.9. The van der Waals surface area contributed by atoms with Gasteiger partial charge >= 0.3 is 0 Å². The Balaban J connectivity index is 2.07. The third-order valence-corrected chi connectivity index (χ3v) is 3.65. The van der Waals surface area contributed by atoms with Gasteiger partial charge in [-0.15, -0.1) is 0 Å². The summed E-state index contributed by atoms with van der Waals surface area (Å²) in [6.07, 6.45) is 4.49. The van der Waals surface area contributed by atoms with Gasteiger partial charge in [-0.1, -0.05) is 23.7 Å². The molecule has 6 heteroatoms. The standard InChI is InChI=1S/C14H12ClN3O2/c15-10-3-1-2-9(4-10)12-5-11(19)6-13(20)14(12)18-8-16-7-17-18/h1-4,6-8,12,14,20H,5H2/t12-,14+/m1/s1. The molecule has 0 saturated heterocycles. The van der Waals surface area contributed by atoms with Crippen molar-refractivity contribution in [1.82, 2.24) is 14.8 Å². The lowest BCUT2D eigenvalue weighted by Gasteiger charge is -2.29. The molecule has 0 spiro atoms. The van der Waals surface area contributed by atoms with Crippen molar-refractivity contribution >= 4 is 17.4 Å². The van der Waals surface area contributed by atoms with Crippen LogP contribution in [0, 0.1) is 0 Å². The van der Waals surface area contributed by atoms with Crippen LogP contribution in [0.1, 0.15) is 23.9 Å². The van der Waals surface area contributed by atoms with E-state index in [0.717, 1.165) is 5.56 Å². The van der Waals surface area contributed by atoms with Crippen molar-refractivity contribution in [3.63, 3.8) is 0 Å². The molecule has 1 aromatic heterocycles. The van der Waals surface area contributed by atoms with Gasteiger partial charge in [0.2, 0.25) is 0 Å². The largest absolute Gasteiger partial charge is 0.510 e. The molecule has 0 amide bonds. The van der Waals surface area contributed by atoms with Gasteiger partial charge in [-0.3, -0.25) is 4.79 Å². The zero-order valence-corrected chi connectivity index (χ0v) is 11.2. The molecule has 1 heterocycles. The maximum absolute atomic E-state index is 11.7. The van der Waals surface area contributed by atoms with E-state index in [1.807, 2.05) is 18.2 Å². The Morgan fingerprint density at radius 2 is 2.25 bits per heavy atom. The highest BCUT2D eigenvalue weighted by atomic mass is 35.5. The number of ketones is 1.